The molecule has 1 aromatic heterocycles. The van der Waals surface area contributed by atoms with Gasteiger partial charge in [-0.3, -0.25) is 0 Å². The molecule has 2 aliphatic rings. The van der Waals surface area contributed by atoms with Crippen molar-refractivity contribution in [3.63, 3.8) is 0 Å². The molecule has 0 bridgehead atoms. The number of ether oxygens (including phenoxy) is 1. The van der Waals surface area contributed by atoms with Gasteiger partial charge < -0.3 is 19.6 Å². The van der Waals surface area contributed by atoms with Crippen LogP contribution in [0.5, 0.6) is 0 Å². The first-order valence-electron chi connectivity index (χ1n) is 12.6. The van der Waals surface area contributed by atoms with E-state index in [9.17, 15) is 14.3 Å². The minimum atomic E-state index is -0.952. The first kappa shape index (κ1) is 23.5. The summed E-state index contributed by atoms with van der Waals surface area (Å²) in [6.45, 7) is 5.66. The molecule has 6 rings (SSSR count). The molecule has 3 heterocycles. The Bertz CT molecular complexity index is 1460. The first-order valence-corrected chi connectivity index (χ1v) is 12.6. The Morgan fingerprint density at radius 2 is 1.76 bits per heavy atom. The van der Waals surface area contributed by atoms with E-state index in [1.165, 1.54) is 12.1 Å². The van der Waals surface area contributed by atoms with Crippen LogP contribution in [-0.4, -0.2) is 39.5 Å². The number of rotatable bonds is 4. The van der Waals surface area contributed by atoms with Gasteiger partial charge in [-0.2, -0.15) is 5.10 Å². The molecular formula is C29H29FN4O3. The minimum absolute atomic E-state index is 0.0965. The Morgan fingerprint density at radius 1 is 1.03 bits per heavy atom. The number of aromatic nitrogens is 2. The monoisotopic (exact) mass is 500 g/mol. The maximum Gasteiger partial charge on any atom is 0.335 e. The van der Waals surface area contributed by atoms with Gasteiger partial charge in [0.15, 0.2) is 6.23 Å². The van der Waals surface area contributed by atoms with Crippen molar-refractivity contribution in [1.29, 1.82) is 0 Å². The highest BCUT2D eigenvalue weighted by Gasteiger charge is 2.39. The van der Waals surface area contributed by atoms with Crippen LogP contribution in [0.15, 0.2) is 66.9 Å². The SMILES string of the molecule is CC1(C)CN(c2ccc(C(=O)O)cc2)c2cc3c(cnn3C3CCCCO3)cc2N1c1ccc(F)cc1. The lowest BCUT2D eigenvalue weighted by atomic mass is 9.93. The number of carboxylic acid groups (broad SMARTS) is 1. The van der Waals surface area contributed by atoms with E-state index in [-0.39, 0.29) is 23.1 Å². The van der Waals surface area contributed by atoms with Gasteiger partial charge in [-0.25, -0.2) is 13.9 Å². The van der Waals surface area contributed by atoms with Crippen molar-refractivity contribution < 1.29 is 19.0 Å². The third-order valence-electron chi connectivity index (χ3n) is 7.31. The lowest BCUT2D eigenvalue weighted by molar-refractivity contribution is -0.0366. The number of anilines is 4. The van der Waals surface area contributed by atoms with E-state index in [0.29, 0.717) is 6.54 Å². The highest BCUT2D eigenvalue weighted by molar-refractivity contribution is 5.96. The van der Waals surface area contributed by atoms with Crippen LogP contribution in [0.25, 0.3) is 10.9 Å². The summed E-state index contributed by atoms with van der Waals surface area (Å²) in [7, 11) is 0. The fraction of sp³-hybridized carbons (Fsp3) is 0.310. The number of benzene rings is 3. The molecule has 3 aromatic carbocycles. The van der Waals surface area contributed by atoms with Crippen molar-refractivity contribution in [3.8, 4) is 0 Å². The molecule has 1 fully saturated rings. The van der Waals surface area contributed by atoms with Crippen molar-refractivity contribution in [2.75, 3.05) is 23.0 Å². The molecule has 1 saturated heterocycles. The van der Waals surface area contributed by atoms with Crippen LogP contribution in [-0.2, 0) is 4.74 Å². The van der Waals surface area contributed by atoms with Crippen molar-refractivity contribution in [2.45, 2.75) is 44.9 Å². The summed E-state index contributed by atoms with van der Waals surface area (Å²) in [6.07, 6.45) is 4.87. The Balaban J connectivity index is 1.54. The summed E-state index contributed by atoms with van der Waals surface area (Å²) < 4.78 is 21.8. The fourth-order valence-electron chi connectivity index (χ4n) is 5.57. The molecule has 2 aliphatic heterocycles. The predicted octanol–water partition coefficient (Wildman–Crippen LogP) is 6.64. The molecular weight excluding hydrogens is 471 g/mol. The number of aromatic carboxylic acids is 1. The number of carboxylic acids is 1. The van der Waals surface area contributed by atoms with Gasteiger partial charge in [0.25, 0.3) is 0 Å². The number of carbonyl (C=O) groups is 1. The average molecular weight is 501 g/mol. The summed E-state index contributed by atoms with van der Waals surface area (Å²) in [6, 6.07) is 17.8. The second-order valence-corrected chi connectivity index (χ2v) is 10.4. The predicted molar refractivity (Wildman–Crippen MR) is 142 cm³/mol. The van der Waals surface area contributed by atoms with E-state index in [4.69, 9.17) is 9.84 Å². The van der Waals surface area contributed by atoms with Crippen molar-refractivity contribution in [2.24, 2.45) is 0 Å². The molecule has 190 valence electrons. The van der Waals surface area contributed by atoms with Gasteiger partial charge in [0, 0.05) is 29.9 Å². The van der Waals surface area contributed by atoms with Crippen LogP contribution in [0.2, 0.25) is 0 Å². The summed E-state index contributed by atoms with van der Waals surface area (Å²) in [5.41, 5.74) is 4.60. The molecule has 0 aliphatic carbocycles. The van der Waals surface area contributed by atoms with Gasteiger partial charge in [0.05, 0.1) is 34.2 Å². The molecule has 0 saturated carbocycles. The average Bonchev–Trinajstić information content (AvgIpc) is 3.31. The van der Waals surface area contributed by atoms with Gasteiger partial charge in [-0.15, -0.1) is 0 Å². The molecule has 0 amide bonds. The number of fused-ring (bicyclic) bond motifs is 2. The summed E-state index contributed by atoms with van der Waals surface area (Å²) in [5.74, 6) is -1.23. The van der Waals surface area contributed by atoms with E-state index in [1.807, 2.05) is 35.1 Å². The van der Waals surface area contributed by atoms with Gasteiger partial charge in [0.1, 0.15) is 5.82 Å². The van der Waals surface area contributed by atoms with E-state index >= 15 is 0 Å². The maximum absolute atomic E-state index is 13.8. The molecule has 4 aromatic rings. The smallest absolute Gasteiger partial charge is 0.335 e. The Morgan fingerprint density at radius 3 is 2.43 bits per heavy atom. The zero-order valence-electron chi connectivity index (χ0n) is 20.9. The van der Waals surface area contributed by atoms with Crippen molar-refractivity contribution in [1.82, 2.24) is 9.78 Å². The van der Waals surface area contributed by atoms with Crippen molar-refractivity contribution >= 4 is 39.6 Å². The van der Waals surface area contributed by atoms with E-state index in [2.05, 4.69) is 35.8 Å². The van der Waals surface area contributed by atoms with Gasteiger partial charge in [0.2, 0.25) is 0 Å². The third-order valence-corrected chi connectivity index (χ3v) is 7.31. The third kappa shape index (κ3) is 4.11. The Kier molecular flexibility index (Phi) is 5.64. The van der Waals surface area contributed by atoms with Crippen LogP contribution in [0.3, 0.4) is 0 Å². The second kappa shape index (κ2) is 8.88. The first-order chi connectivity index (χ1) is 17.8. The molecule has 1 atom stereocenters. The van der Waals surface area contributed by atoms with E-state index in [1.54, 1.807) is 12.1 Å². The molecule has 1 N–H and O–H groups in total. The summed E-state index contributed by atoms with van der Waals surface area (Å²) in [5, 5.41) is 15.1. The van der Waals surface area contributed by atoms with Crippen LogP contribution in [0, 0.1) is 5.82 Å². The number of halogens is 1. The Hall–Kier alpha value is -3.91. The molecule has 8 heteroatoms. The second-order valence-electron chi connectivity index (χ2n) is 10.4. The van der Waals surface area contributed by atoms with Crippen molar-refractivity contribution in [3.05, 3.63) is 78.2 Å². The lowest BCUT2D eigenvalue weighted by Crippen LogP contribution is -2.52. The van der Waals surface area contributed by atoms with Gasteiger partial charge >= 0.3 is 5.97 Å². The van der Waals surface area contributed by atoms with Gasteiger partial charge in [-0.05, 0) is 93.8 Å². The zero-order chi connectivity index (χ0) is 25.7. The fourth-order valence-corrected chi connectivity index (χ4v) is 5.57. The minimum Gasteiger partial charge on any atom is -0.478 e. The maximum atomic E-state index is 13.8. The number of hydrogen-bond donors (Lipinski definition) is 1. The molecule has 0 spiro atoms. The largest absolute Gasteiger partial charge is 0.478 e. The Labute approximate surface area is 214 Å². The van der Waals surface area contributed by atoms with E-state index < -0.39 is 5.97 Å². The number of hydrogen-bond acceptors (Lipinski definition) is 5. The molecule has 7 nitrogen and oxygen atoms in total. The summed E-state index contributed by atoms with van der Waals surface area (Å²) >= 11 is 0. The van der Waals surface area contributed by atoms with Crippen LogP contribution >= 0.6 is 0 Å². The topological polar surface area (TPSA) is 70.8 Å². The highest BCUT2D eigenvalue weighted by Crippen LogP contribution is 2.49. The summed E-state index contributed by atoms with van der Waals surface area (Å²) in [4.78, 5) is 15.9. The zero-order valence-corrected chi connectivity index (χ0v) is 20.9. The van der Waals surface area contributed by atoms with Crippen LogP contribution < -0.4 is 9.80 Å². The van der Waals surface area contributed by atoms with Crippen LogP contribution in [0.4, 0.5) is 27.1 Å². The van der Waals surface area contributed by atoms with Gasteiger partial charge in [-0.1, -0.05) is 0 Å². The molecule has 37 heavy (non-hydrogen) atoms. The number of nitrogens with zero attached hydrogens (tertiary/aromatic N) is 4. The van der Waals surface area contributed by atoms with Crippen LogP contribution in [0.1, 0.15) is 49.7 Å². The lowest BCUT2D eigenvalue weighted by Gasteiger charge is -2.50. The standard InChI is InChI=1S/C29H29FN4O3/c1-29(2)18-32(22-10-6-19(7-11-22)28(35)36)25-16-24-20(17-31-34(24)27-5-3-4-14-37-27)15-26(25)33(29)23-12-8-21(30)9-13-23/h6-13,15-17,27H,3-5,14,18H2,1-2H3,(H,35,36). The molecule has 0 radical (unpaired) electrons. The highest BCUT2D eigenvalue weighted by atomic mass is 19.1. The normalized spacial score (nSPS) is 19.2. The van der Waals surface area contributed by atoms with E-state index in [0.717, 1.165) is 59.5 Å². The molecule has 1 unspecified atom stereocenters. The quantitative estimate of drug-likeness (QED) is 0.339.